The first-order valence-corrected chi connectivity index (χ1v) is 9.40. The standard InChI is InChI=1S/C20H31N3O4/c1-14(2)12-18(24)22-17(13-15-8-4-3-5-9-15)19(25)23-16(20(26)27)10-6-7-11-21/h3-5,8-9,14,16-17H,6-7,10-13,21H2,1-2H3,(H,22,24)(H,23,25)(H,26,27)/t16-,17-/m0/s1. The first-order chi connectivity index (χ1) is 12.8. The van der Waals surface area contributed by atoms with E-state index in [1.165, 1.54) is 0 Å². The maximum Gasteiger partial charge on any atom is 0.326 e. The lowest BCUT2D eigenvalue weighted by molar-refractivity contribution is -0.142. The van der Waals surface area contributed by atoms with E-state index in [1.54, 1.807) is 0 Å². The van der Waals surface area contributed by atoms with Crippen molar-refractivity contribution in [1.29, 1.82) is 0 Å². The molecule has 2 atom stereocenters. The van der Waals surface area contributed by atoms with Gasteiger partial charge in [0.15, 0.2) is 0 Å². The Morgan fingerprint density at radius 2 is 1.70 bits per heavy atom. The molecule has 7 nitrogen and oxygen atoms in total. The number of carboxylic acid groups (broad SMARTS) is 1. The highest BCUT2D eigenvalue weighted by Crippen LogP contribution is 2.07. The highest BCUT2D eigenvalue weighted by atomic mass is 16.4. The monoisotopic (exact) mass is 377 g/mol. The molecule has 1 aromatic carbocycles. The molecule has 0 saturated heterocycles. The summed E-state index contributed by atoms with van der Waals surface area (Å²) in [5, 5.41) is 14.7. The Labute approximate surface area is 160 Å². The van der Waals surface area contributed by atoms with Crippen molar-refractivity contribution in [3.05, 3.63) is 35.9 Å². The van der Waals surface area contributed by atoms with Crippen molar-refractivity contribution in [1.82, 2.24) is 10.6 Å². The predicted molar refractivity (Wildman–Crippen MR) is 104 cm³/mol. The Morgan fingerprint density at radius 1 is 1.04 bits per heavy atom. The molecule has 0 radical (unpaired) electrons. The second kappa shape index (κ2) is 12.1. The van der Waals surface area contributed by atoms with Gasteiger partial charge in [0, 0.05) is 12.8 Å². The Bertz CT molecular complexity index is 605. The van der Waals surface area contributed by atoms with E-state index in [1.807, 2.05) is 44.2 Å². The molecular formula is C20H31N3O4. The minimum absolute atomic E-state index is 0.161. The minimum Gasteiger partial charge on any atom is -0.480 e. The van der Waals surface area contributed by atoms with E-state index in [0.29, 0.717) is 38.6 Å². The number of amides is 2. The summed E-state index contributed by atoms with van der Waals surface area (Å²) in [6.07, 6.45) is 2.20. The molecule has 0 saturated carbocycles. The van der Waals surface area contributed by atoms with E-state index in [4.69, 9.17) is 5.73 Å². The molecule has 0 aliphatic heterocycles. The van der Waals surface area contributed by atoms with Gasteiger partial charge in [0.2, 0.25) is 11.8 Å². The summed E-state index contributed by atoms with van der Waals surface area (Å²) >= 11 is 0. The molecular weight excluding hydrogens is 346 g/mol. The van der Waals surface area contributed by atoms with Gasteiger partial charge in [-0.05, 0) is 37.3 Å². The van der Waals surface area contributed by atoms with Crippen LogP contribution in [0.4, 0.5) is 0 Å². The lowest BCUT2D eigenvalue weighted by Crippen LogP contribution is -2.52. The Kier molecular flexibility index (Phi) is 10.1. The quantitative estimate of drug-likeness (QED) is 0.411. The van der Waals surface area contributed by atoms with E-state index in [2.05, 4.69) is 10.6 Å². The second-order valence-electron chi connectivity index (χ2n) is 7.09. The summed E-state index contributed by atoms with van der Waals surface area (Å²) < 4.78 is 0. The van der Waals surface area contributed by atoms with Crippen molar-refractivity contribution >= 4 is 17.8 Å². The van der Waals surface area contributed by atoms with Crippen molar-refractivity contribution in [2.24, 2.45) is 11.7 Å². The van der Waals surface area contributed by atoms with Gasteiger partial charge in [-0.2, -0.15) is 0 Å². The predicted octanol–water partition coefficient (Wildman–Crippen LogP) is 1.46. The third-order valence-corrected chi connectivity index (χ3v) is 4.09. The molecule has 7 heteroatoms. The lowest BCUT2D eigenvalue weighted by Gasteiger charge is -2.22. The van der Waals surface area contributed by atoms with Crippen LogP contribution < -0.4 is 16.4 Å². The van der Waals surface area contributed by atoms with Gasteiger partial charge in [0.1, 0.15) is 12.1 Å². The molecule has 1 rings (SSSR count). The number of carbonyl (C=O) groups excluding carboxylic acids is 2. The van der Waals surface area contributed by atoms with E-state index in [0.717, 1.165) is 5.56 Å². The Balaban J connectivity index is 2.83. The summed E-state index contributed by atoms with van der Waals surface area (Å²) in [7, 11) is 0. The van der Waals surface area contributed by atoms with Crippen LogP contribution >= 0.6 is 0 Å². The zero-order chi connectivity index (χ0) is 20.2. The maximum absolute atomic E-state index is 12.7. The first kappa shape index (κ1) is 22.6. The maximum atomic E-state index is 12.7. The summed E-state index contributed by atoms with van der Waals surface area (Å²) in [4.78, 5) is 36.3. The van der Waals surface area contributed by atoms with Crippen LogP contribution in [0, 0.1) is 5.92 Å². The van der Waals surface area contributed by atoms with Gasteiger partial charge in [-0.25, -0.2) is 4.79 Å². The van der Waals surface area contributed by atoms with Crippen LogP contribution in [-0.4, -0.2) is 41.5 Å². The minimum atomic E-state index is -1.09. The molecule has 0 heterocycles. The molecule has 0 unspecified atom stereocenters. The summed E-state index contributed by atoms with van der Waals surface area (Å²) in [5.41, 5.74) is 6.33. The van der Waals surface area contributed by atoms with E-state index in [9.17, 15) is 19.5 Å². The molecule has 150 valence electrons. The average Bonchev–Trinajstić information content (AvgIpc) is 2.60. The first-order valence-electron chi connectivity index (χ1n) is 9.40. The van der Waals surface area contributed by atoms with E-state index in [-0.39, 0.29) is 11.8 Å². The van der Waals surface area contributed by atoms with Crippen molar-refractivity contribution in [3.63, 3.8) is 0 Å². The van der Waals surface area contributed by atoms with Crippen molar-refractivity contribution < 1.29 is 19.5 Å². The van der Waals surface area contributed by atoms with Crippen LogP contribution in [0.1, 0.15) is 45.1 Å². The number of unbranched alkanes of at least 4 members (excludes halogenated alkanes) is 1. The molecule has 0 fully saturated rings. The van der Waals surface area contributed by atoms with Gasteiger partial charge in [-0.15, -0.1) is 0 Å². The van der Waals surface area contributed by atoms with Gasteiger partial charge in [-0.3, -0.25) is 9.59 Å². The number of aliphatic carboxylic acids is 1. The lowest BCUT2D eigenvalue weighted by atomic mass is 10.0. The number of benzene rings is 1. The Morgan fingerprint density at radius 3 is 2.26 bits per heavy atom. The number of rotatable bonds is 12. The normalized spacial score (nSPS) is 13.0. The zero-order valence-corrected chi connectivity index (χ0v) is 16.1. The molecule has 27 heavy (non-hydrogen) atoms. The van der Waals surface area contributed by atoms with Crippen LogP contribution in [0.3, 0.4) is 0 Å². The van der Waals surface area contributed by atoms with Crippen molar-refractivity contribution in [2.75, 3.05) is 6.54 Å². The third-order valence-electron chi connectivity index (χ3n) is 4.09. The number of hydrogen-bond acceptors (Lipinski definition) is 4. The second-order valence-corrected chi connectivity index (χ2v) is 7.09. The summed E-state index contributed by atoms with van der Waals surface area (Å²) in [6, 6.07) is 7.49. The third kappa shape index (κ3) is 9.19. The smallest absolute Gasteiger partial charge is 0.326 e. The van der Waals surface area contributed by atoms with E-state index >= 15 is 0 Å². The fraction of sp³-hybridized carbons (Fsp3) is 0.550. The van der Waals surface area contributed by atoms with Crippen molar-refractivity contribution in [2.45, 2.75) is 58.0 Å². The molecule has 0 bridgehead atoms. The SMILES string of the molecule is CC(C)CC(=O)N[C@@H](Cc1ccccc1)C(=O)N[C@@H](CCCCN)C(=O)O. The number of hydrogen-bond donors (Lipinski definition) is 4. The van der Waals surface area contributed by atoms with Gasteiger partial charge >= 0.3 is 5.97 Å². The molecule has 0 aliphatic rings. The van der Waals surface area contributed by atoms with Gasteiger partial charge in [0.25, 0.3) is 0 Å². The Hall–Kier alpha value is -2.41. The topological polar surface area (TPSA) is 122 Å². The fourth-order valence-corrected chi connectivity index (χ4v) is 2.71. The number of carboxylic acids is 1. The number of nitrogens with one attached hydrogen (secondary N) is 2. The number of nitrogens with two attached hydrogens (primary N) is 1. The van der Waals surface area contributed by atoms with Gasteiger partial charge in [0.05, 0.1) is 0 Å². The van der Waals surface area contributed by atoms with Crippen LogP contribution in [0.15, 0.2) is 30.3 Å². The molecule has 0 aliphatic carbocycles. The fourth-order valence-electron chi connectivity index (χ4n) is 2.71. The van der Waals surface area contributed by atoms with Crippen LogP contribution in [0.2, 0.25) is 0 Å². The van der Waals surface area contributed by atoms with Crippen LogP contribution in [0.5, 0.6) is 0 Å². The van der Waals surface area contributed by atoms with Crippen LogP contribution in [-0.2, 0) is 20.8 Å². The molecule has 0 aromatic heterocycles. The van der Waals surface area contributed by atoms with Gasteiger partial charge < -0.3 is 21.5 Å². The number of carbonyl (C=O) groups is 3. The largest absolute Gasteiger partial charge is 0.480 e. The highest BCUT2D eigenvalue weighted by Gasteiger charge is 2.26. The highest BCUT2D eigenvalue weighted by molar-refractivity contribution is 5.90. The molecule has 5 N–H and O–H groups in total. The molecule has 0 spiro atoms. The summed E-state index contributed by atoms with van der Waals surface area (Å²) in [6.45, 7) is 4.32. The average molecular weight is 377 g/mol. The molecule has 2 amide bonds. The van der Waals surface area contributed by atoms with Crippen LogP contribution in [0.25, 0.3) is 0 Å². The summed E-state index contributed by atoms with van der Waals surface area (Å²) in [5.74, 6) is -1.65. The zero-order valence-electron chi connectivity index (χ0n) is 16.1. The van der Waals surface area contributed by atoms with Crippen molar-refractivity contribution in [3.8, 4) is 0 Å². The van der Waals surface area contributed by atoms with Gasteiger partial charge in [-0.1, -0.05) is 44.2 Å². The molecule has 1 aromatic rings. The van der Waals surface area contributed by atoms with E-state index < -0.39 is 24.0 Å².